The summed E-state index contributed by atoms with van der Waals surface area (Å²) in [4.78, 5) is 99.1. The molecule has 60 heavy (non-hydrogen) atoms. The minimum absolute atomic E-state index is 0.0669. The van der Waals surface area contributed by atoms with E-state index in [0.717, 1.165) is 0 Å². The fraction of sp³-hybridized carbons (Fsp3) is 0.0952. The number of aromatic nitrogens is 7. The second-order valence-electron chi connectivity index (χ2n) is 13.6. The molecule has 2 atom stereocenters. The summed E-state index contributed by atoms with van der Waals surface area (Å²) in [5.74, 6) is -5.51. The molecule has 0 aliphatic rings. The number of hydrogen-bond acceptors (Lipinski definition) is 11. The fourth-order valence-electron chi connectivity index (χ4n) is 6.80. The lowest BCUT2D eigenvalue weighted by molar-refractivity contribution is -0.137. The van der Waals surface area contributed by atoms with Crippen LogP contribution < -0.4 is 21.7 Å². The Kier molecular flexibility index (Phi) is 10.6. The molecule has 18 nitrogen and oxygen atoms in total. The van der Waals surface area contributed by atoms with Gasteiger partial charge in [0.05, 0.1) is 55.1 Å². The maximum Gasteiger partial charge on any atom is 0.293 e. The normalized spacial score (nSPS) is 12.1. The van der Waals surface area contributed by atoms with Crippen LogP contribution in [0.5, 0.6) is 0 Å². The molecule has 8 aromatic rings. The van der Waals surface area contributed by atoms with Crippen molar-refractivity contribution < 1.29 is 33.2 Å². The molecule has 6 aromatic heterocycles. The van der Waals surface area contributed by atoms with Gasteiger partial charge in [0.25, 0.3) is 23.6 Å². The number of carbonyl (C=O) groups excluding carboxylic acids is 6. The molecule has 6 N–H and O–H groups in total. The number of fused-ring (bicyclic) bond motifs is 2. The minimum atomic E-state index is -1.34. The van der Waals surface area contributed by atoms with Crippen molar-refractivity contribution in [2.45, 2.75) is 24.9 Å². The van der Waals surface area contributed by atoms with Crippen LogP contribution in [0, 0.1) is 0 Å². The summed E-state index contributed by atoms with van der Waals surface area (Å²) < 4.78 is 8.66. The van der Waals surface area contributed by atoms with E-state index in [0.29, 0.717) is 44.4 Å². The monoisotopic (exact) mass is 803 g/mol. The molecule has 0 spiro atoms. The van der Waals surface area contributed by atoms with Crippen LogP contribution in [0.15, 0.2) is 133 Å². The molecule has 0 radical (unpaired) electrons. The smallest absolute Gasteiger partial charge is 0.293 e. The van der Waals surface area contributed by atoms with Crippen molar-refractivity contribution in [3.05, 3.63) is 152 Å². The first kappa shape index (κ1) is 38.3. The van der Waals surface area contributed by atoms with Gasteiger partial charge >= 0.3 is 0 Å². The van der Waals surface area contributed by atoms with Crippen LogP contribution in [0.2, 0.25) is 0 Å². The average molecular weight is 804 g/mol. The molecule has 2 unspecified atom stereocenters. The summed E-state index contributed by atoms with van der Waals surface area (Å²) in [6.45, 7) is 0. The topological polar surface area (TPSA) is 255 Å². The van der Waals surface area contributed by atoms with Crippen molar-refractivity contribution >= 4 is 62.8 Å². The van der Waals surface area contributed by atoms with Gasteiger partial charge in [0, 0.05) is 59.0 Å². The number of amides is 4. The molecule has 0 saturated heterocycles. The number of carbonyl (C=O) groups is 6. The number of imidazole rings is 2. The molecule has 2 aromatic carbocycles. The molecule has 18 heteroatoms. The standard InChI is InChI=1S/C42H33N11O7/c43-39(56)37(54)32(50-40(57)34-19-46-22-52(34)27-5-3-11-44-17-27)13-24-16-48-31-15-26(9-10-29(24)31)49-42(59)38(55)33(14-25-21-60-36-8-2-1-7-30(25)36)51-41(58)35-20-47-23-53(35)28-6-4-12-45-18-28/h1-12,15-23,32-33,48H,13-14H2,(H2,43,56)(H,49,59)(H,50,57)(H,51,58). The molecule has 6 heterocycles. The SMILES string of the molecule is NC(=O)C(=O)C(Cc1c[nH]c2cc(NC(=O)C(=O)C(Cc3coc4ccccc34)NC(=O)c3cncn3-c3cccnc3)ccc12)NC(=O)c1cncn1-c1cccnc1. The largest absolute Gasteiger partial charge is 0.464 e. The van der Waals surface area contributed by atoms with Crippen molar-refractivity contribution in [1.29, 1.82) is 0 Å². The van der Waals surface area contributed by atoms with Crippen molar-refractivity contribution in [3.63, 3.8) is 0 Å². The third-order valence-electron chi connectivity index (χ3n) is 9.74. The summed E-state index contributed by atoms with van der Waals surface area (Å²) >= 11 is 0. The number of Topliss-reactive ketones (excluding diaryl/α,β-unsaturated/α-hetero) is 2. The van der Waals surface area contributed by atoms with Gasteiger partial charge in [-0.1, -0.05) is 24.3 Å². The fourth-order valence-corrected chi connectivity index (χ4v) is 6.80. The van der Waals surface area contributed by atoms with Crippen molar-refractivity contribution in [2.75, 3.05) is 5.32 Å². The number of para-hydroxylation sites is 1. The molecule has 0 fully saturated rings. The highest BCUT2D eigenvalue weighted by atomic mass is 16.3. The number of aromatic amines is 1. The number of primary amides is 1. The van der Waals surface area contributed by atoms with E-state index in [1.54, 1.807) is 79.4 Å². The molecule has 4 amide bonds. The van der Waals surface area contributed by atoms with Crippen LogP contribution in [0.1, 0.15) is 32.1 Å². The van der Waals surface area contributed by atoms with Crippen molar-refractivity contribution in [3.8, 4) is 11.4 Å². The van der Waals surface area contributed by atoms with E-state index in [1.807, 2.05) is 12.1 Å². The van der Waals surface area contributed by atoms with E-state index >= 15 is 0 Å². The van der Waals surface area contributed by atoms with Gasteiger partial charge in [-0.15, -0.1) is 0 Å². The zero-order chi connectivity index (χ0) is 41.8. The Bertz CT molecular complexity index is 2910. The quantitative estimate of drug-likeness (QED) is 0.0942. The van der Waals surface area contributed by atoms with Crippen LogP contribution in [-0.4, -0.2) is 81.3 Å². The number of hydrogen-bond donors (Lipinski definition) is 5. The number of H-pyrrole nitrogens is 1. The Balaban J connectivity index is 1.00. The highest BCUT2D eigenvalue weighted by Crippen LogP contribution is 2.25. The number of furan rings is 1. The van der Waals surface area contributed by atoms with Gasteiger partial charge < -0.3 is 31.1 Å². The number of nitrogens with zero attached hydrogens (tertiary/aromatic N) is 6. The zero-order valence-electron chi connectivity index (χ0n) is 31.3. The molecule has 0 aliphatic carbocycles. The van der Waals surface area contributed by atoms with E-state index in [9.17, 15) is 28.8 Å². The number of nitrogens with two attached hydrogens (primary N) is 1. The highest BCUT2D eigenvalue weighted by molar-refractivity contribution is 6.43. The predicted octanol–water partition coefficient (Wildman–Crippen LogP) is 3.02. The number of benzene rings is 2. The predicted molar refractivity (Wildman–Crippen MR) is 215 cm³/mol. The number of ketones is 2. The summed E-state index contributed by atoms with van der Waals surface area (Å²) in [6, 6.07) is 16.1. The second kappa shape index (κ2) is 16.5. The second-order valence-corrected chi connectivity index (χ2v) is 13.6. The molecule has 298 valence electrons. The average Bonchev–Trinajstić information content (AvgIpc) is 4.10. The van der Waals surface area contributed by atoms with Gasteiger partial charge in [0.2, 0.25) is 11.6 Å². The van der Waals surface area contributed by atoms with Crippen LogP contribution in [0.25, 0.3) is 33.2 Å². The first-order chi connectivity index (χ1) is 29.1. The van der Waals surface area contributed by atoms with Gasteiger partial charge in [-0.3, -0.25) is 47.9 Å². The van der Waals surface area contributed by atoms with Gasteiger partial charge in [0.1, 0.15) is 29.1 Å². The molecule has 0 bridgehead atoms. The summed E-state index contributed by atoms with van der Waals surface area (Å²) in [5, 5.41) is 9.27. The van der Waals surface area contributed by atoms with Gasteiger partial charge in [-0.05, 0) is 48.0 Å². The summed E-state index contributed by atoms with van der Waals surface area (Å²) in [6.07, 6.45) is 14.6. The Hall–Kier alpha value is -8.54. The van der Waals surface area contributed by atoms with Gasteiger partial charge in [-0.25, -0.2) is 9.97 Å². The number of nitrogens with one attached hydrogen (secondary N) is 4. The van der Waals surface area contributed by atoms with E-state index in [2.05, 4.69) is 40.9 Å². The summed E-state index contributed by atoms with van der Waals surface area (Å²) in [7, 11) is 0. The van der Waals surface area contributed by atoms with Crippen molar-refractivity contribution in [2.24, 2.45) is 5.73 Å². The van der Waals surface area contributed by atoms with Crippen LogP contribution in [0.3, 0.4) is 0 Å². The maximum atomic E-state index is 13.9. The maximum absolute atomic E-state index is 13.9. The molecular weight excluding hydrogens is 771 g/mol. The molecule has 0 saturated carbocycles. The van der Waals surface area contributed by atoms with Gasteiger partial charge in [-0.2, -0.15) is 0 Å². The van der Waals surface area contributed by atoms with Crippen LogP contribution >= 0.6 is 0 Å². The van der Waals surface area contributed by atoms with E-state index in [-0.39, 0.29) is 29.9 Å². The Labute approximate surface area is 338 Å². The van der Waals surface area contributed by atoms with Crippen LogP contribution in [0.4, 0.5) is 5.69 Å². The first-order valence-corrected chi connectivity index (χ1v) is 18.4. The number of rotatable bonds is 15. The van der Waals surface area contributed by atoms with E-state index in [1.165, 1.54) is 46.6 Å². The summed E-state index contributed by atoms with van der Waals surface area (Å²) in [5.41, 5.74) is 9.15. The Morgan fingerprint density at radius 2 is 1.30 bits per heavy atom. The lowest BCUT2D eigenvalue weighted by atomic mass is 10.00. The third kappa shape index (κ3) is 7.87. The molecule has 8 rings (SSSR count). The van der Waals surface area contributed by atoms with Crippen LogP contribution in [-0.2, 0) is 32.0 Å². The number of pyridine rings is 2. The lowest BCUT2D eigenvalue weighted by Gasteiger charge is -2.18. The number of anilines is 1. The Morgan fingerprint density at radius 3 is 1.92 bits per heavy atom. The minimum Gasteiger partial charge on any atom is -0.464 e. The zero-order valence-corrected chi connectivity index (χ0v) is 31.3. The molecular formula is C42H33N11O7. The van der Waals surface area contributed by atoms with Gasteiger partial charge in [0.15, 0.2) is 0 Å². The molecule has 0 aliphatic heterocycles. The lowest BCUT2D eigenvalue weighted by Crippen LogP contribution is -2.47. The van der Waals surface area contributed by atoms with E-state index in [4.69, 9.17) is 10.2 Å². The van der Waals surface area contributed by atoms with E-state index < -0.39 is 47.3 Å². The third-order valence-corrected chi connectivity index (χ3v) is 9.74. The highest BCUT2D eigenvalue weighted by Gasteiger charge is 2.31. The Morgan fingerprint density at radius 1 is 0.683 bits per heavy atom. The first-order valence-electron chi connectivity index (χ1n) is 18.4. The van der Waals surface area contributed by atoms with Crippen molar-refractivity contribution in [1.82, 2.24) is 44.7 Å².